The largest absolute Gasteiger partial charge is 0.475 e. The molecule has 1 N–H and O–H groups in total. The van der Waals surface area contributed by atoms with Crippen LogP contribution in [0.25, 0.3) is 0 Å². The Morgan fingerprint density at radius 2 is 2.47 bits per heavy atom. The van der Waals surface area contributed by atoms with Gasteiger partial charge in [0.05, 0.1) is 6.61 Å². The molecular formula is C10H14BrNO3. The van der Waals surface area contributed by atoms with Crippen molar-refractivity contribution in [2.24, 2.45) is 0 Å². The molecule has 0 aliphatic rings. The molecule has 1 atom stereocenters. The van der Waals surface area contributed by atoms with Gasteiger partial charge in [0.25, 0.3) is 5.88 Å². The van der Waals surface area contributed by atoms with Gasteiger partial charge in [0, 0.05) is 0 Å². The first-order valence-corrected chi connectivity index (χ1v) is 5.58. The van der Waals surface area contributed by atoms with E-state index in [1.165, 1.54) is 6.08 Å². The summed E-state index contributed by atoms with van der Waals surface area (Å²) < 4.78 is 10.8. The van der Waals surface area contributed by atoms with Gasteiger partial charge in [-0.1, -0.05) is 19.4 Å². The second-order valence-electron chi connectivity index (χ2n) is 3.05. The molecule has 0 saturated carbocycles. The Bertz CT molecular complexity index is 324. The zero-order valence-electron chi connectivity index (χ0n) is 8.57. The van der Waals surface area contributed by atoms with Gasteiger partial charge in [-0.15, -0.1) is 6.58 Å². The van der Waals surface area contributed by atoms with Crippen molar-refractivity contribution in [2.75, 3.05) is 6.61 Å². The molecule has 0 unspecified atom stereocenters. The predicted octanol–water partition coefficient (Wildman–Crippen LogP) is 2.84. The minimum atomic E-state index is -0.865. The maximum absolute atomic E-state index is 9.46. The fraction of sp³-hybridized carbons (Fsp3) is 0.500. The molecule has 4 nitrogen and oxygen atoms in total. The molecule has 1 heterocycles. The lowest BCUT2D eigenvalue weighted by molar-refractivity contribution is 0.180. The van der Waals surface area contributed by atoms with Crippen LogP contribution in [-0.2, 0) is 0 Å². The van der Waals surface area contributed by atoms with Crippen LogP contribution in [0.1, 0.15) is 31.6 Å². The fourth-order valence-corrected chi connectivity index (χ4v) is 1.46. The van der Waals surface area contributed by atoms with Crippen LogP contribution in [0.5, 0.6) is 5.88 Å². The number of hydrogen-bond acceptors (Lipinski definition) is 4. The molecule has 0 aliphatic heterocycles. The van der Waals surface area contributed by atoms with E-state index >= 15 is 0 Å². The third-order valence-electron chi connectivity index (χ3n) is 1.86. The molecular weight excluding hydrogens is 262 g/mol. The maximum atomic E-state index is 9.46. The minimum absolute atomic E-state index is 0.316. The zero-order valence-corrected chi connectivity index (χ0v) is 10.2. The van der Waals surface area contributed by atoms with Gasteiger partial charge in [0.2, 0.25) is 0 Å². The van der Waals surface area contributed by atoms with E-state index in [1.54, 1.807) is 0 Å². The number of aromatic nitrogens is 1. The van der Waals surface area contributed by atoms with Gasteiger partial charge in [-0.3, -0.25) is 0 Å². The van der Waals surface area contributed by atoms with Crippen molar-refractivity contribution in [3.8, 4) is 5.88 Å². The number of aliphatic hydroxyl groups is 1. The summed E-state index contributed by atoms with van der Waals surface area (Å²) in [4.78, 5) is 0. The lowest BCUT2D eigenvalue weighted by Gasteiger charge is -2.01. The summed E-state index contributed by atoms with van der Waals surface area (Å²) in [5.41, 5.74) is 0. The van der Waals surface area contributed by atoms with E-state index in [0.29, 0.717) is 22.7 Å². The Morgan fingerprint density at radius 3 is 3.07 bits per heavy atom. The highest BCUT2D eigenvalue weighted by Gasteiger charge is 2.19. The van der Waals surface area contributed by atoms with Crippen LogP contribution in [-0.4, -0.2) is 16.9 Å². The van der Waals surface area contributed by atoms with Crippen molar-refractivity contribution in [3.63, 3.8) is 0 Å². The Labute approximate surface area is 97.0 Å². The first kappa shape index (κ1) is 12.3. The highest BCUT2D eigenvalue weighted by molar-refractivity contribution is 9.10. The van der Waals surface area contributed by atoms with E-state index in [-0.39, 0.29) is 0 Å². The van der Waals surface area contributed by atoms with Gasteiger partial charge < -0.3 is 14.4 Å². The lowest BCUT2D eigenvalue weighted by Crippen LogP contribution is -1.97. The standard InChI is InChI=1S/C10H14BrNO3/c1-3-5-6-14-10-8(11)9(15-12-10)7(13)4-2/h4,7,13H,2-3,5-6H2,1H3/t7-/m1/s1. The Balaban J connectivity index is 2.66. The summed E-state index contributed by atoms with van der Waals surface area (Å²) in [6.45, 7) is 6.13. The molecule has 1 rings (SSSR count). The lowest BCUT2D eigenvalue weighted by atomic mass is 10.3. The van der Waals surface area contributed by atoms with Crippen molar-refractivity contribution in [1.29, 1.82) is 0 Å². The Kier molecular flexibility index (Phi) is 4.84. The van der Waals surface area contributed by atoms with Crippen LogP contribution in [0.15, 0.2) is 21.7 Å². The highest BCUT2D eigenvalue weighted by Crippen LogP contribution is 2.32. The third-order valence-corrected chi connectivity index (χ3v) is 2.59. The Morgan fingerprint density at radius 1 is 1.73 bits per heavy atom. The summed E-state index contributed by atoms with van der Waals surface area (Å²) in [7, 11) is 0. The van der Waals surface area contributed by atoms with Crippen LogP contribution in [0.4, 0.5) is 0 Å². The fourth-order valence-electron chi connectivity index (χ4n) is 0.970. The number of rotatable bonds is 6. The first-order valence-electron chi connectivity index (χ1n) is 4.79. The average molecular weight is 276 g/mol. The summed E-state index contributed by atoms with van der Waals surface area (Å²) in [6.07, 6.45) is 2.51. The summed E-state index contributed by atoms with van der Waals surface area (Å²) >= 11 is 3.26. The Hall–Kier alpha value is -0.810. The highest BCUT2D eigenvalue weighted by atomic mass is 79.9. The minimum Gasteiger partial charge on any atom is -0.475 e. The summed E-state index contributed by atoms with van der Waals surface area (Å²) in [6, 6.07) is 0. The molecule has 1 aromatic rings. The van der Waals surface area contributed by atoms with Gasteiger partial charge in [-0.25, -0.2) is 0 Å². The van der Waals surface area contributed by atoms with E-state index in [0.717, 1.165) is 12.8 Å². The second kappa shape index (κ2) is 5.92. The topological polar surface area (TPSA) is 55.5 Å². The molecule has 0 radical (unpaired) electrons. The van der Waals surface area contributed by atoms with Gasteiger partial charge in [0.15, 0.2) is 5.76 Å². The van der Waals surface area contributed by atoms with Crippen molar-refractivity contribution >= 4 is 15.9 Å². The molecule has 0 aromatic carbocycles. The molecule has 0 amide bonds. The first-order chi connectivity index (χ1) is 7.20. The van der Waals surface area contributed by atoms with Gasteiger partial charge in [-0.05, 0) is 27.5 Å². The van der Waals surface area contributed by atoms with E-state index in [2.05, 4.69) is 34.6 Å². The molecule has 0 fully saturated rings. The third kappa shape index (κ3) is 3.07. The monoisotopic (exact) mass is 275 g/mol. The van der Waals surface area contributed by atoms with Crippen LogP contribution < -0.4 is 4.74 Å². The molecule has 15 heavy (non-hydrogen) atoms. The number of unbranched alkanes of at least 4 members (excludes halogenated alkanes) is 1. The van der Waals surface area contributed by atoms with Crippen molar-refractivity contribution in [1.82, 2.24) is 5.16 Å². The van der Waals surface area contributed by atoms with Gasteiger partial charge in [-0.2, -0.15) is 0 Å². The van der Waals surface area contributed by atoms with Gasteiger partial charge >= 0.3 is 0 Å². The normalized spacial score (nSPS) is 12.5. The van der Waals surface area contributed by atoms with Crippen LogP contribution in [0.2, 0.25) is 0 Å². The average Bonchev–Trinajstić information content (AvgIpc) is 2.60. The molecule has 0 aliphatic carbocycles. The van der Waals surface area contributed by atoms with Crippen molar-refractivity contribution < 1.29 is 14.4 Å². The van der Waals surface area contributed by atoms with Crippen molar-refractivity contribution in [3.05, 3.63) is 22.9 Å². The van der Waals surface area contributed by atoms with Crippen molar-refractivity contribution in [2.45, 2.75) is 25.9 Å². The smallest absolute Gasteiger partial charge is 0.269 e. The molecule has 5 heteroatoms. The second-order valence-corrected chi connectivity index (χ2v) is 3.84. The van der Waals surface area contributed by atoms with Crippen LogP contribution in [0, 0.1) is 0 Å². The van der Waals surface area contributed by atoms with E-state index < -0.39 is 6.10 Å². The number of aliphatic hydroxyl groups excluding tert-OH is 1. The molecule has 0 bridgehead atoms. The SMILES string of the molecule is C=C[C@@H](O)c1onc(OCCCC)c1Br. The van der Waals surface area contributed by atoms with E-state index in [4.69, 9.17) is 9.26 Å². The predicted molar refractivity (Wildman–Crippen MR) is 59.8 cm³/mol. The van der Waals surface area contributed by atoms with Gasteiger partial charge in [0.1, 0.15) is 10.6 Å². The number of halogens is 1. The molecule has 0 spiro atoms. The number of hydrogen-bond donors (Lipinski definition) is 1. The van der Waals surface area contributed by atoms with E-state index in [9.17, 15) is 5.11 Å². The molecule has 84 valence electrons. The molecule has 0 saturated heterocycles. The molecule has 1 aromatic heterocycles. The van der Waals surface area contributed by atoms with Crippen LogP contribution in [0.3, 0.4) is 0 Å². The quantitative estimate of drug-likeness (QED) is 0.641. The maximum Gasteiger partial charge on any atom is 0.269 e. The van der Waals surface area contributed by atoms with E-state index in [1.807, 2.05) is 0 Å². The van der Waals surface area contributed by atoms with Crippen LogP contribution >= 0.6 is 15.9 Å². The zero-order chi connectivity index (χ0) is 11.3. The summed E-state index contributed by atoms with van der Waals surface area (Å²) in [5, 5.41) is 13.2. The number of ether oxygens (including phenoxy) is 1. The summed E-state index contributed by atoms with van der Waals surface area (Å²) in [5.74, 6) is 0.691. The number of nitrogens with zero attached hydrogens (tertiary/aromatic N) is 1.